The van der Waals surface area contributed by atoms with Crippen LogP contribution in [0.5, 0.6) is 0 Å². The van der Waals surface area contributed by atoms with Gasteiger partial charge in [0.05, 0.1) is 16.9 Å². The summed E-state index contributed by atoms with van der Waals surface area (Å²) in [7, 11) is 0. The predicted molar refractivity (Wildman–Crippen MR) is 72.2 cm³/mol. The average Bonchev–Trinajstić information content (AvgIpc) is 3.10. The lowest BCUT2D eigenvalue weighted by Crippen LogP contribution is -2.20. The SMILES string of the molecule is FC(F)(F)c1ccc(-n2cccc2)c(N2CCCC2)c1. The van der Waals surface area contributed by atoms with Crippen LogP contribution in [0.4, 0.5) is 18.9 Å². The van der Waals surface area contributed by atoms with Gasteiger partial charge in [0.2, 0.25) is 0 Å². The van der Waals surface area contributed by atoms with E-state index in [9.17, 15) is 13.2 Å². The summed E-state index contributed by atoms with van der Waals surface area (Å²) in [6.45, 7) is 1.63. The highest BCUT2D eigenvalue weighted by Gasteiger charge is 2.32. The fraction of sp³-hybridized carbons (Fsp3) is 0.333. The Morgan fingerprint density at radius 2 is 1.55 bits per heavy atom. The molecule has 1 fully saturated rings. The van der Waals surface area contributed by atoms with Crippen LogP contribution in [0.25, 0.3) is 5.69 Å². The molecule has 1 saturated heterocycles. The van der Waals surface area contributed by atoms with Crippen LogP contribution in [0.3, 0.4) is 0 Å². The van der Waals surface area contributed by atoms with E-state index in [4.69, 9.17) is 0 Å². The minimum atomic E-state index is -4.30. The largest absolute Gasteiger partial charge is 0.416 e. The standard InChI is InChI=1S/C15H15F3N2/c16-15(17,18)12-5-6-13(19-7-1-2-8-19)14(11-12)20-9-3-4-10-20/h1-2,5-8,11H,3-4,9-10H2. The van der Waals surface area contributed by atoms with Gasteiger partial charge >= 0.3 is 6.18 Å². The third-order valence-electron chi connectivity index (χ3n) is 3.63. The molecule has 0 saturated carbocycles. The van der Waals surface area contributed by atoms with Crippen molar-refractivity contribution >= 4 is 5.69 Å². The van der Waals surface area contributed by atoms with Crippen molar-refractivity contribution in [2.75, 3.05) is 18.0 Å². The molecule has 2 aromatic rings. The van der Waals surface area contributed by atoms with Crippen molar-refractivity contribution in [3.8, 4) is 5.69 Å². The second-order valence-corrected chi connectivity index (χ2v) is 4.99. The Balaban J connectivity index is 2.09. The molecule has 5 heteroatoms. The van der Waals surface area contributed by atoms with E-state index >= 15 is 0 Å². The van der Waals surface area contributed by atoms with Crippen molar-refractivity contribution in [2.24, 2.45) is 0 Å². The molecule has 0 N–H and O–H groups in total. The fourth-order valence-corrected chi connectivity index (χ4v) is 2.62. The first-order chi connectivity index (χ1) is 9.55. The van der Waals surface area contributed by atoms with E-state index < -0.39 is 11.7 Å². The van der Waals surface area contributed by atoms with Crippen molar-refractivity contribution in [1.29, 1.82) is 0 Å². The zero-order valence-electron chi connectivity index (χ0n) is 10.9. The first kappa shape index (κ1) is 13.1. The van der Waals surface area contributed by atoms with Gasteiger partial charge in [0.1, 0.15) is 0 Å². The highest BCUT2D eigenvalue weighted by Crippen LogP contribution is 2.36. The molecule has 3 rings (SSSR count). The van der Waals surface area contributed by atoms with Crippen molar-refractivity contribution in [3.05, 3.63) is 48.3 Å². The van der Waals surface area contributed by atoms with Gasteiger partial charge in [-0.25, -0.2) is 0 Å². The molecule has 2 heterocycles. The zero-order valence-corrected chi connectivity index (χ0v) is 10.9. The summed E-state index contributed by atoms with van der Waals surface area (Å²) in [5, 5.41) is 0. The molecule has 1 aliphatic rings. The minimum absolute atomic E-state index is 0.588. The van der Waals surface area contributed by atoms with Gasteiger partial charge in [-0.1, -0.05) is 0 Å². The molecule has 2 nitrogen and oxygen atoms in total. The molecule has 0 radical (unpaired) electrons. The molecule has 0 bridgehead atoms. The molecule has 1 aromatic carbocycles. The molecule has 0 aliphatic carbocycles. The van der Waals surface area contributed by atoms with Gasteiger partial charge in [-0.2, -0.15) is 13.2 Å². The summed E-state index contributed by atoms with van der Waals surface area (Å²) >= 11 is 0. The Kier molecular flexibility index (Phi) is 3.20. The highest BCUT2D eigenvalue weighted by molar-refractivity contribution is 5.65. The van der Waals surface area contributed by atoms with Crippen LogP contribution >= 0.6 is 0 Å². The van der Waals surface area contributed by atoms with Crippen LogP contribution < -0.4 is 4.90 Å². The topological polar surface area (TPSA) is 8.17 Å². The van der Waals surface area contributed by atoms with E-state index in [0.717, 1.165) is 37.7 Å². The lowest BCUT2D eigenvalue weighted by Gasteiger charge is -2.23. The van der Waals surface area contributed by atoms with Gasteiger partial charge in [-0.3, -0.25) is 0 Å². The molecule has 0 atom stereocenters. The van der Waals surface area contributed by atoms with E-state index in [-0.39, 0.29) is 0 Å². The number of alkyl halides is 3. The highest BCUT2D eigenvalue weighted by atomic mass is 19.4. The molecular weight excluding hydrogens is 265 g/mol. The maximum Gasteiger partial charge on any atom is 0.416 e. The number of hydrogen-bond donors (Lipinski definition) is 0. The Bertz CT molecular complexity index is 582. The summed E-state index contributed by atoms with van der Waals surface area (Å²) in [4.78, 5) is 2.03. The third-order valence-corrected chi connectivity index (χ3v) is 3.63. The van der Waals surface area contributed by atoms with Crippen molar-refractivity contribution in [3.63, 3.8) is 0 Å². The number of halogens is 3. The number of anilines is 1. The first-order valence-corrected chi connectivity index (χ1v) is 6.65. The quantitative estimate of drug-likeness (QED) is 0.804. The van der Waals surface area contributed by atoms with Crippen molar-refractivity contribution < 1.29 is 13.2 Å². The monoisotopic (exact) mass is 280 g/mol. The minimum Gasteiger partial charge on any atom is -0.370 e. The Labute approximate surface area is 115 Å². The molecule has 0 spiro atoms. The third kappa shape index (κ3) is 2.40. The molecule has 1 aliphatic heterocycles. The summed E-state index contributed by atoms with van der Waals surface area (Å²) in [6.07, 6.45) is 1.46. The normalized spacial score (nSPS) is 15.8. The number of benzene rings is 1. The maximum atomic E-state index is 12.9. The second-order valence-electron chi connectivity index (χ2n) is 4.99. The van der Waals surface area contributed by atoms with Gasteiger partial charge in [0, 0.05) is 25.5 Å². The zero-order chi connectivity index (χ0) is 14.2. The number of hydrogen-bond acceptors (Lipinski definition) is 1. The maximum absolute atomic E-state index is 12.9. The van der Waals surface area contributed by atoms with E-state index in [1.165, 1.54) is 6.07 Å². The van der Waals surface area contributed by atoms with Crippen molar-refractivity contribution in [2.45, 2.75) is 19.0 Å². The summed E-state index contributed by atoms with van der Waals surface area (Å²) in [6, 6.07) is 7.70. The van der Waals surface area contributed by atoms with Crippen LogP contribution in [0.1, 0.15) is 18.4 Å². The van der Waals surface area contributed by atoms with E-state index in [1.54, 1.807) is 6.07 Å². The lowest BCUT2D eigenvalue weighted by molar-refractivity contribution is -0.137. The summed E-state index contributed by atoms with van der Waals surface area (Å²) < 4.78 is 40.6. The lowest BCUT2D eigenvalue weighted by atomic mass is 10.1. The molecule has 1 aromatic heterocycles. The predicted octanol–water partition coefficient (Wildman–Crippen LogP) is 4.10. The molecule has 20 heavy (non-hydrogen) atoms. The number of rotatable bonds is 2. The molecule has 0 unspecified atom stereocenters. The van der Waals surface area contributed by atoms with Gasteiger partial charge in [0.15, 0.2) is 0 Å². The van der Waals surface area contributed by atoms with Crippen molar-refractivity contribution in [1.82, 2.24) is 4.57 Å². The number of nitrogens with zero attached hydrogens (tertiary/aromatic N) is 2. The summed E-state index contributed by atoms with van der Waals surface area (Å²) in [5.74, 6) is 0. The van der Waals surface area contributed by atoms with Crippen LogP contribution in [-0.2, 0) is 6.18 Å². The summed E-state index contributed by atoms with van der Waals surface area (Å²) in [5.41, 5.74) is 0.869. The van der Waals surface area contributed by atoms with Crippen LogP contribution in [-0.4, -0.2) is 17.7 Å². The Morgan fingerprint density at radius 1 is 0.900 bits per heavy atom. The average molecular weight is 280 g/mol. The molecule has 0 amide bonds. The van der Waals surface area contributed by atoms with Crippen LogP contribution in [0, 0.1) is 0 Å². The van der Waals surface area contributed by atoms with Gasteiger partial charge < -0.3 is 9.47 Å². The number of aromatic nitrogens is 1. The smallest absolute Gasteiger partial charge is 0.370 e. The van der Waals surface area contributed by atoms with Crippen LogP contribution in [0.2, 0.25) is 0 Å². The Hall–Kier alpha value is -1.91. The van der Waals surface area contributed by atoms with Gasteiger partial charge in [-0.15, -0.1) is 0 Å². The van der Waals surface area contributed by atoms with Gasteiger partial charge in [0.25, 0.3) is 0 Å². The van der Waals surface area contributed by atoms with E-state index in [0.29, 0.717) is 5.69 Å². The van der Waals surface area contributed by atoms with E-state index in [2.05, 4.69) is 0 Å². The Morgan fingerprint density at radius 3 is 2.15 bits per heavy atom. The molecular formula is C15H15F3N2. The second kappa shape index (κ2) is 4.89. The van der Waals surface area contributed by atoms with Crippen LogP contribution in [0.15, 0.2) is 42.7 Å². The van der Waals surface area contributed by atoms with E-state index in [1.807, 2.05) is 34.0 Å². The fourth-order valence-electron chi connectivity index (χ4n) is 2.62. The molecule has 106 valence electrons. The first-order valence-electron chi connectivity index (χ1n) is 6.65. The van der Waals surface area contributed by atoms with Gasteiger partial charge in [-0.05, 0) is 43.2 Å².